The lowest BCUT2D eigenvalue weighted by molar-refractivity contribution is 0.405. The molecule has 0 fully saturated rings. The molecule has 3 N–H and O–H groups in total. The van der Waals surface area contributed by atoms with Crippen LogP contribution in [0.5, 0.6) is 5.75 Å². The van der Waals surface area contributed by atoms with Crippen molar-refractivity contribution in [2.75, 3.05) is 7.11 Å². The molecule has 0 saturated heterocycles. The minimum absolute atomic E-state index is 0.104. The first-order valence-corrected chi connectivity index (χ1v) is 7.56. The molecule has 3 rings (SSSR count). The lowest BCUT2D eigenvalue weighted by atomic mass is 10.1. The fraction of sp³-hybridized carbons (Fsp3) is 0.188. The molecule has 0 aliphatic carbocycles. The van der Waals surface area contributed by atoms with Gasteiger partial charge < -0.3 is 15.5 Å². The highest BCUT2D eigenvalue weighted by Gasteiger charge is 2.15. The van der Waals surface area contributed by atoms with Crippen molar-refractivity contribution in [1.82, 2.24) is 9.97 Å². The van der Waals surface area contributed by atoms with E-state index in [2.05, 4.69) is 9.97 Å². The van der Waals surface area contributed by atoms with Gasteiger partial charge in [-0.25, -0.2) is 4.98 Å². The third-order valence-corrected chi connectivity index (χ3v) is 4.24. The van der Waals surface area contributed by atoms with Crippen LogP contribution >= 0.6 is 11.8 Å². The molecule has 2 aromatic carbocycles. The second-order valence-electron chi connectivity index (χ2n) is 4.82. The van der Waals surface area contributed by atoms with Crippen molar-refractivity contribution in [1.29, 1.82) is 0 Å². The highest BCUT2D eigenvalue weighted by Crippen LogP contribution is 2.37. The van der Waals surface area contributed by atoms with E-state index in [-0.39, 0.29) is 6.04 Å². The first-order chi connectivity index (χ1) is 10.2. The van der Waals surface area contributed by atoms with Gasteiger partial charge in [-0.2, -0.15) is 0 Å². The molecule has 0 amide bonds. The number of aromatic amines is 1. The molecule has 108 valence electrons. The normalized spacial score (nSPS) is 12.5. The number of aromatic nitrogens is 2. The van der Waals surface area contributed by atoms with Crippen LogP contribution in [0.25, 0.3) is 11.0 Å². The number of para-hydroxylation sites is 2. The van der Waals surface area contributed by atoms with Gasteiger partial charge in [0.05, 0.1) is 18.1 Å². The van der Waals surface area contributed by atoms with Crippen molar-refractivity contribution in [2.24, 2.45) is 5.73 Å². The Kier molecular flexibility index (Phi) is 3.86. The van der Waals surface area contributed by atoms with Gasteiger partial charge in [0.2, 0.25) is 0 Å². The van der Waals surface area contributed by atoms with Crippen molar-refractivity contribution in [3.05, 3.63) is 48.0 Å². The number of benzene rings is 2. The highest BCUT2D eigenvalue weighted by atomic mass is 32.2. The van der Waals surface area contributed by atoms with E-state index in [0.29, 0.717) is 0 Å². The number of methoxy groups -OCH3 is 1. The monoisotopic (exact) mass is 299 g/mol. The molecule has 0 radical (unpaired) electrons. The van der Waals surface area contributed by atoms with Gasteiger partial charge in [0.25, 0.3) is 0 Å². The number of hydrogen-bond donors (Lipinski definition) is 2. The van der Waals surface area contributed by atoms with Crippen LogP contribution in [0.1, 0.15) is 18.5 Å². The summed E-state index contributed by atoms with van der Waals surface area (Å²) in [6.07, 6.45) is 0. The number of rotatable bonds is 4. The summed E-state index contributed by atoms with van der Waals surface area (Å²) in [5.74, 6) is 0.811. The van der Waals surface area contributed by atoms with Crippen LogP contribution in [0.2, 0.25) is 0 Å². The molecule has 3 aromatic rings. The number of hydrogen-bond acceptors (Lipinski definition) is 4. The molecule has 0 aliphatic heterocycles. The molecule has 0 aliphatic rings. The van der Waals surface area contributed by atoms with Gasteiger partial charge in [-0.1, -0.05) is 30.0 Å². The van der Waals surface area contributed by atoms with Crippen LogP contribution in [0, 0.1) is 0 Å². The van der Waals surface area contributed by atoms with Crippen molar-refractivity contribution in [3.8, 4) is 5.75 Å². The van der Waals surface area contributed by atoms with Crippen molar-refractivity contribution < 1.29 is 4.74 Å². The van der Waals surface area contributed by atoms with E-state index in [9.17, 15) is 0 Å². The number of nitrogens with one attached hydrogen (secondary N) is 1. The van der Waals surface area contributed by atoms with Crippen LogP contribution in [0.15, 0.2) is 52.5 Å². The molecule has 0 unspecified atom stereocenters. The quantitative estimate of drug-likeness (QED) is 0.770. The van der Waals surface area contributed by atoms with Crippen LogP contribution in [0.3, 0.4) is 0 Å². The van der Waals surface area contributed by atoms with E-state index in [4.69, 9.17) is 10.5 Å². The summed E-state index contributed by atoms with van der Waals surface area (Å²) >= 11 is 1.57. The summed E-state index contributed by atoms with van der Waals surface area (Å²) in [6, 6.07) is 13.8. The Morgan fingerprint density at radius 3 is 2.71 bits per heavy atom. The molecule has 1 heterocycles. The van der Waals surface area contributed by atoms with Crippen molar-refractivity contribution >= 4 is 22.8 Å². The average molecular weight is 299 g/mol. The molecule has 0 bridgehead atoms. The molecular weight excluding hydrogens is 282 g/mol. The topological polar surface area (TPSA) is 63.9 Å². The Morgan fingerprint density at radius 1 is 1.19 bits per heavy atom. The summed E-state index contributed by atoms with van der Waals surface area (Å²) in [7, 11) is 1.66. The lowest BCUT2D eigenvalue weighted by Gasteiger charge is -2.15. The fourth-order valence-corrected chi connectivity index (χ4v) is 3.38. The zero-order valence-electron chi connectivity index (χ0n) is 12.0. The molecule has 1 atom stereocenters. The highest BCUT2D eigenvalue weighted by molar-refractivity contribution is 7.99. The Balaban J connectivity index is 2.01. The van der Waals surface area contributed by atoms with E-state index in [1.54, 1.807) is 18.9 Å². The second-order valence-corrected chi connectivity index (χ2v) is 5.85. The van der Waals surface area contributed by atoms with Gasteiger partial charge in [-0.05, 0) is 31.2 Å². The van der Waals surface area contributed by atoms with Crippen molar-refractivity contribution in [3.63, 3.8) is 0 Å². The third kappa shape index (κ3) is 2.75. The van der Waals surface area contributed by atoms with E-state index < -0.39 is 0 Å². The Morgan fingerprint density at radius 2 is 2.00 bits per heavy atom. The summed E-state index contributed by atoms with van der Waals surface area (Å²) in [4.78, 5) is 8.97. The van der Waals surface area contributed by atoms with Crippen LogP contribution in [0.4, 0.5) is 0 Å². The van der Waals surface area contributed by atoms with E-state index in [1.807, 2.05) is 49.4 Å². The molecule has 0 spiro atoms. The third-order valence-electron chi connectivity index (χ3n) is 3.28. The fourth-order valence-electron chi connectivity index (χ4n) is 2.32. The number of nitrogens with zero attached hydrogens (tertiary/aromatic N) is 1. The van der Waals surface area contributed by atoms with Gasteiger partial charge >= 0.3 is 0 Å². The molecule has 21 heavy (non-hydrogen) atoms. The van der Waals surface area contributed by atoms with Gasteiger partial charge in [-0.3, -0.25) is 0 Å². The zero-order valence-corrected chi connectivity index (χ0v) is 12.8. The van der Waals surface area contributed by atoms with Crippen LogP contribution < -0.4 is 10.5 Å². The molecule has 1 aromatic heterocycles. The summed E-state index contributed by atoms with van der Waals surface area (Å²) in [6.45, 7) is 1.96. The Labute approximate surface area is 127 Å². The summed E-state index contributed by atoms with van der Waals surface area (Å²) in [5, 5.41) is 0.853. The maximum atomic E-state index is 6.10. The van der Waals surface area contributed by atoms with Gasteiger partial charge in [0.15, 0.2) is 5.16 Å². The maximum Gasteiger partial charge on any atom is 0.171 e. The predicted molar refractivity (Wildman–Crippen MR) is 85.8 cm³/mol. The number of nitrogens with two attached hydrogens (primary N) is 1. The largest absolute Gasteiger partial charge is 0.496 e. The molecule has 5 heteroatoms. The first kappa shape index (κ1) is 14.0. The van der Waals surface area contributed by atoms with Crippen molar-refractivity contribution in [2.45, 2.75) is 23.0 Å². The summed E-state index contributed by atoms with van der Waals surface area (Å²) < 4.78 is 5.42. The van der Waals surface area contributed by atoms with E-state index in [0.717, 1.165) is 32.4 Å². The van der Waals surface area contributed by atoms with Crippen LogP contribution in [-0.4, -0.2) is 17.1 Å². The number of H-pyrrole nitrogens is 1. The summed E-state index contributed by atoms with van der Waals surface area (Å²) in [5.41, 5.74) is 9.10. The minimum Gasteiger partial charge on any atom is -0.496 e. The van der Waals surface area contributed by atoms with E-state index >= 15 is 0 Å². The Hall–Kier alpha value is -1.98. The lowest BCUT2D eigenvalue weighted by Crippen LogP contribution is -2.08. The smallest absolute Gasteiger partial charge is 0.171 e. The Bertz CT molecular complexity index is 734. The number of ether oxygens (including phenoxy) is 1. The number of fused-ring (bicyclic) bond motifs is 1. The molecular formula is C16H17N3OS. The maximum absolute atomic E-state index is 6.10. The second kappa shape index (κ2) is 5.79. The SMILES string of the molecule is COc1cccc(Sc2nc3ccccc3[nH]2)c1[C@@H](C)N. The predicted octanol–water partition coefficient (Wildman–Crippen LogP) is 3.74. The standard InChI is InChI=1S/C16H17N3OS/c1-10(17)15-13(20-2)8-5-9-14(15)21-16-18-11-6-3-4-7-12(11)19-16/h3-10H,17H2,1-2H3,(H,18,19)/t10-/m1/s1. The van der Waals surface area contributed by atoms with Gasteiger partial charge in [0.1, 0.15) is 5.75 Å². The van der Waals surface area contributed by atoms with Crippen LogP contribution in [-0.2, 0) is 0 Å². The minimum atomic E-state index is -0.104. The zero-order chi connectivity index (χ0) is 14.8. The molecule has 4 nitrogen and oxygen atoms in total. The first-order valence-electron chi connectivity index (χ1n) is 6.74. The number of imidazole rings is 1. The average Bonchev–Trinajstić information content (AvgIpc) is 2.88. The van der Waals surface area contributed by atoms with Gasteiger partial charge in [-0.15, -0.1) is 0 Å². The molecule has 0 saturated carbocycles. The van der Waals surface area contributed by atoms with Gasteiger partial charge in [0, 0.05) is 16.5 Å². The van der Waals surface area contributed by atoms with E-state index in [1.165, 1.54) is 0 Å².